The first-order valence-corrected chi connectivity index (χ1v) is 7.81. The quantitative estimate of drug-likeness (QED) is 0.882. The van der Waals surface area contributed by atoms with E-state index >= 15 is 0 Å². The minimum atomic E-state index is -0.0815. The average Bonchev–Trinajstić information content (AvgIpc) is 2.49. The van der Waals surface area contributed by atoms with Gasteiger partial charge in [-0.15, -0.1) is 0 Å². The lowest BCUT2D eigenvalue weighted by molar-refractivity contribution is 0.00871. The number of rotatable bonds is 2. The van der Waals surface area contributed by atoms with Gasteiger partial charge in [-0.25, -0.2) is 0 Å². The number of benzene rings is 1. The van der Waals surface area contributed by atoms with E-state index in [2.05, 4.69) is 35.2 Å². The SMILES string of the molecule is O[C@H]1CCCCC1N1CCC(c2ccccc2)CC1. The van der Waals surface area contributed by atoms with Gasteiger partial charge in [0.2, 0.25) is 0 Å². The van der Waals surface area contributed by atoms with Gasteiger partial charge in [0.25, 0.3) is 0 Å². The van der Waals surface area contributed by atoms with Crippen molar-refractivity contribution >= 4 is 0 Å². The average molecular weight is 259 g/mol. The van der Waals surface area contributed by atoms with Gasteiger partial charge < -0.3 is 5.11 Å². The Morgan fingerprint density at radius 2 is 1.58 bits per heavy atom. The summed E-state index contributed by atoms with van der Waals surface area (Å²) in [5.41, 5.74) is 1.49. The summed E-state index contributed by atoms with van der Waals surface area (Å²) in [6.45, 7) is 2.31. The number of piperidine rings is 1. The molecular formula is C17H25NO. The predicted molar refractivity (Wildman–Crippen MR) is 78.3 cm³/mol. The summed E-state index contributed by atoms with van der Waals surface area (Å²) in [5, 5.41) is 10.2. The highest BCUT2D eigenvalue weighted by atomic mass is 16.3. The minimum Gasteiger partial charge on any atom is -0.391 e. The molecule has 1 heterocycles. The molecule has 2 aliphatic rings. The molecule has 1 aliphatic heterocycles. The van der Waals surface area contributed by atoms with Crippen LogP contribution in [0.15, 0.2) is 30.3 Å². The second-order valence-corrected chi connectivity index (χ2v) is 6.14. The van der Waals surface area contributed by atoms with Crippen molar-refractivity contribution in [1.29, 1.82) is 0 Å². The molecule has 19 heavy (non-hydrogen) atoms. The van der Waals surface area contributed by atoms with Gasteiger partial charge in [0.05, 0.1) is 6.10 Å². The van der Waals surface area contributed by atoms with Crippen LogP contribution in [0.25, 0.3) is 0 Å². The lowest BCUT2D eigenvalue weighted by Gasteiger charge is -2.41. The first-order valence-electron chi connectivity index (χ1n) is 7.81. The molecule has 1 saturated carbocycles. The fourth-order valence-electron chi connectivity index (χ4n) is 3.81. The van der Waals surface area contributed by atoms with Gasteiger partial charge in [-0.3, -0.25) is 4.90 Å². The van der Waals surface area contributed by atoms with Crippen LogP contribution in [0.1, 0.15) is 50.0 Å². The number of hydrogen-bond donors (Lipinski definition) is 1. The number of hydrogen-bond acceptors (Lipinski definition) is 2. The van der Waals surface area contributed by atoms with Crippen LogP contribution in [0.5, 0.6) is 0 Å². The van der Waals surface area contributed by atoms with Gasteiger partial charge in [0.15, 0.2) is 0 Å². The third kappa shape index (κ3) is 3.01. The van der Waals surface area contributed by atoms with Gasteiger partial charge in [-0.1, -0.05) is 43.2 Å². The summed E-state index contributed by atoms with van der Waals surface area (Å²) in [5.74, 6) is 0.721. The zero-order valence-corrected chi connectivity index (χ0v) is 11.7. The highest BCUT2D eigenvalue weighted by molar-refractivity contribution is 5.20. The van der Waals surface area contributed by atoms with E-state index in [1.807, 2.05) is 0 Å². The molecule has 1 unspecified atom stereocenters. The molecule has 2 heteroatoms. The van der Waals surface area contributed by atoms with Gasteiger partial charge in [0, 0.05) is 6.04 Å². The second-order valence-electron chi connectivity index (χ2n) is 6.14. The second kappa shape index (κ2) is 6.06. The Hall–Kier alpha value is -0.860. The third-order valence-electron chi connectivity index (χ3n) is 4.96. The molecule has 0 amide bonds. The molecule has 0 radical (unpaired) electrons. The number of nitrogens with zero attached hydrogens (tertiary/aromatic N) is 1. The summed E-state index contributed by atoms with van der Waals surface area (Å²) in [6.07, 6.45) is 7.10. The van der Waals surface area contributed by atoms with E-state index in [0.717, 1.165) is 25.4 Å². The van der Waals surface area contributed by atoms with Gasteiger partial charge in [-0.2, -0.15) is 0 Å². The first-order chi connectivity index (χ1) is 9.34. The number of aliphatic hydroxyl groups excluding tert-OH is 1. The predicted octanol–water partition coefficient (Wildman–Crippen LogP) is 3.17. The van der Waals surface area contributed by atoms with Crippen LogP contribution in [0.3, 0.4) is 0 Å². The van der Waals surface area contributed by atoms with Crippen molar-refractivity contribution < 1.29 is 5.11 Å². The van der Waals surface area contributed by atoms with Crippen LogP contribution in [-0.2, 0) is 0 Å². The van der Waals surface area contributed by atoms with Crippen LogP contribution in [-0.4, -0.2) is 35.2 Å². The molecule has 1 aliphatic carbocycles. The maximum Gasteiger partial charge on any atom is 0.0695 e. The third-order valence-corrected chi connectivity index (χ3v) is 4.96. The number of likely N-dealkylation sites (tertiary alicyclic amines) is 1. The molecule has 0 spiro atoms. The maximum atomic E-state index is 10.2. The molecule has 3 rings (SSSR count). The molecule has 1 aromatic carbocycles. The van der Waals surface area contributed by atoms with E-state index < -0.39 is 0 Å². The standard InChI is InChI=1S/C17H25NO/c19-17-9-5-4-8-16(17)18-12-10-15(11-13-18)14-6-2-1-3-7-14/h1-3,6-7,15-17,19H,4-5,8-13H2/t16?,17-/m0/s1. The molecule has 2 atom stereocenters. The van der Waals surface area contributed by atoms with Gasteiger partial charge in [0.1, 0.15) is 0 Å². The topological polar surface area (TPSA) is 23.5 Å². The Bertz CT molecular complexity index is 384. The lowest BCUT2D eigenvalue weighted by atomic mass is 9.86. The smallest absolute Gasteiger partial charge is 0.0695 e. The van der Waals surface area contributed by atoms with Gasteiger partial charge >= 0.3 is 0 Å². The van der Waals surface area contributed by atoms with Crippen molar-refractivity contribution in [2.75, 3.05) is 13.1 Å². The normalized spacial score (nSPS) is 30.4. The summed E-state index contributed by atoms with van der Waals surface area (Å²) in [7, 11) is 0. The number of aliphatic hydroxyl groups is 1. The van der Waals surface area contributed by atoms with Crippen LogP contribution in [0.2, 0.25) is 0 Å². The van der Waals surface area contributed by atoms with E-state index in [9.17, 15) is 5.11 Å². The monoisotopic (exact) mass is 259 g/mol. The van der Waals surface area contributed by atoms with Crippen molar-refractivity contribution in [1.82, 2.24) is 4.90 Å². The lowest BCUT2D eigenvalue weighted by Crippen LogP contribution is -2.48. The van der Waals surface area contributed by atoms with E-state index in [1.165, 1.54) is 37.7 Å². The molecule has 1 N–H and O–H groups in total. The molecule has 2 fully saturated rings. The molecule has 0 aromatic heterocycles. The Kier molecular flexibility index (Phi) is 4.19. The molecule has 2 nitrogen and oxygen atoms in total. The Labute approximate surface area is 116 Å². The van der Waals surface area contributed by atoms with E-state index in [1.54, 1.807) is 0 Å². The largest absolute Gasteiger partial charge is 0.391 e. The summed E-state index contributed by atoms with van der Waals surface area (Å²) in [4.78, 5) is 2.54. The van der Waals surface area contributed by atoms with Crippen LogP contribution in [0, 0.1) is 0 Å². The van der Waals surface area contributed by atoms with Crippen molar-refractivity contribution in [2.45, 2.75) is 56.6 Å². The Balaban J connectivity index is 1.57. The highest BCUT2D eigenvalue weighted by Gasteiger charge is 2.31. The van der Waals surface area contributed by atoms with E-state index in [0.29, 0.717) is 6.04 Å². The van der Waals surface area contributed by atoms with Crippen molar-refractivity contribution in [3.05, 3.63) is 35.9 Å². The van der Waals surface area contributed by atoms with Crippen LogP contribution >= 0.6 is 0 Å². The Morgan fingerprint density at radius 3 is 2.26 bits per heavy atom. The fourth-order valence-corrected chi connectivity index (χ4v) is 3.81. The minimum absolute atomic E-state index is 0.0815. The maximum absolute atomic E-state index is 10.2. The van der Waals surface area contributed by atoms with Crippen LogP contribution < -0.4 is 0 Å². The van der Waals surface area contributed by atoms with Crippen molar-refractivity contribution in [2.24, 2.45) is 0 Å². The highest BCUT2D eigenvalue weighted by Crippen LogP contribution is 2.31. The van der Waals surface area contributed by atoms with Crippen molar-refractivity contribution in [3.63, 3.8) is 0 Å². The zero-order valence-electron chi connectivity index (χ0n) is 11.7. The molecule has 104 valence electrons. The van der Waals surface area contributed by atoms with E-state index in [4.69, 9.17) is 0 Å². The molecule has 0 bridgehead atoms. The first kappa shape index (κ1) is 13.1. The molecule has 1 aromatic rings. The zero-order chi connectivity index (χ0) is 13.1. The fraction of sp³-hybridized carbons (Fsp3) is 0.647. The summed E-state index contributed by atoms with van der Waals surface area (Å²) < 4.78 is 0. The Morgan fingerprint density at radius 1 is 0.895 bits per heavy atom. The van der Waals surface area contributed by atoms with Gasteiger partial charge in [-0.05, 0) is 50.3 Å². The summed E-state index contributed by atoms with van der Waals surface area (Å²) in [6, 6.07) is 11.3. The summed E-state index contributed by atoms with van der Waals surface area (Å²) >= 11 is 0. The molecule has 1 saturated heterocycles. The van der Waals surface area contributed by atoms with Crippen LogP contribution in [0.4, 0.5) is 0 Å². The van der Waals surface area contributed by atoms with E-state index in [-0.39, 0.29) is 6.10 Å². The molecular weight excluding hydrogens is 234 g/mol. The van der Waals surface area contributed by atoms with Crippen molar-refractivity contribution in [3.8, 4) is 0 Å².